The molecule has 1 aromatic rings. The summed E-state index contributed by atoms with van der Waals surface area (Å²) in [6.07, 6.45) is 0.996. The number of piperazine rings is 1. The highest BCUT2D eigenvalue weighted by Gasteiger charge is 2.17. The number of carbonyl (C=O) groups excluding carboxylic acids is 1. The molecule has 0 aromatic heterocycles. The molecule has 1 fully saturated rings. The predicted octanol–water partition coefficient (Wildman–Crippen LogP) is 1.87. The lowest BCUT2D eigenvalue weighted by molar-refractivity contribution is -0.130. The van der Waals surface area contributed by atoms with Gasteiger partial charge in [-0.05, 0) is 25.8 Å². The monoisotopic (exact) mass is 403 g/mol. The molecule has 1 atom stereocenters. The van der Waals surface area contributed by atoms with Gasteiger partial charge in [-0.2, -0.15) is 0 Å². The number of aliphatic imine (C=N–C) groups is 1. The van der Waals surface area contributed by atoms with Crippen molar-refractivity contribution in [2.24, 2.45) is 4.99 Å². The van der Waals surface area contributed by atoms with Gasteiger partial charge in [-0.25, -0.2) is 0 Å². The normalized spacial score (nSPS) is 16.5. The lowest BCUT2D eigenvalue weighted by atomic mass is 10.1. The van der Waals surface area contributed by atoms with Crippen molar-refractivity contribution in [3.05, 3.63) is 35.9 Å². The number of nitrogens with zero attached hydrogens (tertiary/aromatic N) is 3. The maximum Gasteiger partial charge on any atom is 0.219 e. The number of nitrogens with one attached hydrogen (secondary N) is 2. The molecule has 1 amide bonds. The molecule has 0 aliphatic carbocycles. The first-order valence-corrected chi connectivity index (χ1v) is 10.8. The minimum atomic E-state index is 0.106. The molecular formula is C22H37N5O2. The highest BCUT2D eigenvalue weighted by molar-refractivity contribution is 5.79. The van der Waals surface area contributed by atoms with Crippen LogP contribution in [0.3, 0.4) is 0 Å². The van der Waals surface area contributed by atoms with Crippen molar-refractivity contribution >= 4 is 11.9 Å². The van der Waals surface area contributed by atoms with E-state index in [4.69, 9.17) is 4.74 Å². The Morgan fingerprint density at radius 3 is 2.55 bits per heavy atom. The van der Waals surface area contributed by atoms with Gasteiger partial charge in [-0.3, -0.25) is 14.7 Å². The zero-order valence-electron chi connectivity index (χ0n) is 18.2. The van der Waals surface area contributed by atoms with Crippen LogP contribution in [0.1, 0.15) is 38.9 Å². The standard InChI is InChI=1S/C22H37N5O2/c1-4-23-22(25-12-13-26-14-16-27(17-15-26)20(3)28)24-11-8-18-29-19(2)21-9-6-5-7-10-21/h5-7,9-10,19H,4,8,11-18H2,1-3H3,(H2,23,24,25). The molecule has 7 heteroatoms. The molecule has 29 heavy (non-hydrogen) atoms. The predicted molar refractivity (Wildman–Crippen MR) is 118 cm³/mol. The Morgan fingerprint density at radius 2 is 1.90 bits per heavy atom. The summed E-state index contributed by atoms with van der Waals surface area (Å²) in [6, 6.07) is 10.3. The van der Waals surface area contributed by atoms with Gasteiger partial charge >= 0.3 is 0 Å². The maximum atomic E-state index is 11.4. The molecule has 162 valence electrons. The van der Waals surface area contributed by atoms with Crippen molar-refractivity contribution < 1.29 is 9.53 Å². The Bertz CT molecular complexity index is 615. The van der Waals surface area contributed by atoms with Crippen LogP contribution >= 0.6 is 0 Å². The molecule has 1 heterocycles. The topological polar surface area (TPSA) is 69.2 Å². The van der Waals surface area contributed by atoms with E-state index in [2.05, 4.69) is 46.5 Å². The second-order valence-corrected chi connectivity index (χ2v) is 7.31. The Morgan fingerprint density at radius 1 is 1.17 bits per heavy atom. The Balaban J connectivity index is 1.61. The van der Waals surface area contributed by atoms with Gasteiger partial charge in [0.2, 0.25) is 5.91 Å². The lowest BCUT2D eigenvalue weighted by Crippen LogP contribution is -2.50. The average molecular weight is 404 g/mol. The molecule has 0 saturated carbocycles. The van der Waals surface area contributed by atoms with Gasteiger partial charge in [0.05, 0.1) is 6.10 Å². The van der Waals surface area contributed by atoms with Gasteiger partial charge in [0.15, 0.2) is 5.96 Å². The number of hydrogen-bond acceptors (Lipinski definition) is 4. The quantitative estimate of drug-likeness (QED) is 0.355. The zero-order chi connectivity index (χ0) is 20.9. The number of rotatable bonds is 10. The maximum absolute atomic E-state index is 11.4. The smallest absolute Gasteiger partial charge is 0.219 e. The number of guanidine groups is 1. The summed E-state index contributed by atoms with van der Waals surface area (Å²) >= 11 is 0. The third-order valence-corrected chi connectivity index (χ3v) is 5.09. The van der Waals surface area contributed by atoms with Crippen LogP contribution in [0.2, 0.25) is 0 Å². The molecule has 7 nitrogen and oxygen atoms in total. The van der Waals surface area contributed by atoms with E-state index in [1.807, 2.05) is 23.1 Å². The van der Waals surface area contributed by atoms with E-state index in [0.29, 0.717) is 6.61 Å². The Hall–Kier alpha value is -2.12. The summed E-state index contributed by atoms with van der Waals surface area (Å²) in [4.78, 5) is 20.3. The highest BCUT2D eigenvalue weighted by Crippen LogP contribution is 2.15. The summed E-state index contributed by atoms with van der Waals surface area (Å²) in [5.74, 6) is 1.03. The number of benzene rings is 1. The van der Waals surface area contributed by atoms with Crippen LogP contribution in [-0.4, -0.2) is 80.6 Å². The first-order valence-electron chi connectivity index (χ1n) is 10.8. The largest absolute Gasteiger partial charge is 0.374 e. The molecular weight excluding hydrogens is 366 g/mol. The molecule has 1 saturated heterocycles. The van der Waals surface area contributed by atoms with E-state index in [0.717, 1.165) is 64.7 Å². The summed E-state index contributed by atoms with van der Waals surface area (Å²) in [5.41, 5.74) is 1.20. The second-order valence-electron chi connectivity index (χ2n) is 7.31. The number of hydrogen-bond donors (Lipinski definition) is 2. The van der Waals surface area contributed by atoms with Gasteiger partial charge in [-0.1, -0.05) is 30.3 Å². The number of amides is 1. The third kappa shape index (κ3) is 8.83. The van der Waals surface area contributed by atoms with Gasteiger partial charge in [0.1, 0.15) is 0 Å². The fraction of sp³-hybridized carbons (Fsp3) is 0.636. The molecule has 1 aliphatic rings. The van der Waals surface area contributed by atoms with Gasteiger partial charge in [-0.15, -0.1) is 0 Å². The summed E-state index contributed by atoms with van der Waals surface area (Å²) in [7, 11) is 0. The molecule has 1 aromatic carbocycles. The minimum Gasteiger partial charge on any atom is -0.374 e. The molecule has 0 spiro atoms. The first kappa shape index (κ1) is 23.2. The van der Waals surface area contributed by atoms with E-state index >= 15 is 0 Å². The van der Waals surface area contributed by atoms with Crippen LogP contribution in [0.4, 0.5) is 0 Å². The van der Waals surface area contributed by atoms with E-state index in [1.165, 1.54) is 5.56 Å². The number of carbonyl (C=O) groups is 1. The lowest BCUT2D eigenvalue weighted by Gasteiger charge is -2.34. The van der Waals surface area contributed by atoms with Crippen molar-refractivity contribution in [1.29, 1.82) is 0 Å². The average Bonchev–Trinajstić information content (AvgIpc) is 2.74. The van der Waals surface area contributed by atoms with Crippen LogP contribution in [-0.2, 0) is 9.53 Å². The van der Waals surface area contributed by atoms with Gasteiger partial charge in [0.25, 0.3) is 0 Å². The van der Waals surface area contributed by atoms with Gasteiger partial charge < -0.3 is 20.3 Å². The highest BCUT2D eigenvalue weighted by atomic mass is 16.5. The molecule has 0 radical (unpaired) electrons. The first-order chi connectivity index (χ1) is 14.1. The van der Waals surface area contributed by atoms with Crippen molar-refractivity contribution in [2.45, 2.75) is 33.3 Å². The second kappa shape index (κ2) is 13.2. The zero-order valence-corrected chi connectivity index (χ0v) is 18.2. The molecule has 1 aliphatic heterocycles. The SMILES string of the molecule is CCNC(=NCCCOC(C)c1ccccc1)NCCN1CCN(C(C)=O)CC1. The van der Waals surface area contributed by atoms with Crippen LogP contribution in [0, 0.1) is 0 Å². The van der Waals surface area contributed by atoms with Crippen LogP contribution in [0.25, 0.3) is 0 Å². The van der Waals surface area contributed by atoms with E-state index in [9.17, 15) is 4.79 Å². The van der Waals surface area contributed by atoms with Crippen molar-refractivity contribution in [3.8, 4) is 0 Å². The van der Waals surface area contributed by atoms with E-state index < -0.39 is 0 Å². The van der Waals surface area contributed by atoms with Gasteiger partial charge in [0, 0.05) is 65.9 Å². The Labute approximate surface area is 175 Å². The van der Waals surface area contributed by atoms with Crippen molar-refractivity contribution in [1.82, 2.24) is 20.4 Å². The fourth-order valence-electron chi connectivity index (χ4n) is 3.30. The van der Waals surface area contributed by atoms with Crippen molar-refractivity contribution in [2.75, 3.05) is 59.0 Å². The van der Waals surface area contributed by atoms with Crippen molar-refractivity contribution in [3.63, 3.8) is 0 Å². The summed E-state index contributed by atoms with van der Waals surface area (Å²) in [6.45, 7) is 13.4. The molecule has 2 N–H and O–H groups in total. The molecule has 2 rings (SSSR count). The summed E-state index contributed by atoms with van der Waals surface area (Å²) in [5, 5.41) is 6.70. The Kier molecular flexibility index (Phi) is 10.5. The number of ether oxygens (including phenoxy) is 1. The van der Waals surface area contributed by atoms with E-state index in [-0.39, 0.29) is 12.0 Å². The molecule has 1 unspecified atom stereocenters. The van der Waals surface area contributed by atoms with E-state index in [1.54, 1.807) is 6.92 Å². The minimum absolute atomic E-state index is 0.106. The molecule has 0 bridgehead atoms. The van der Waals surface area contributed by atoms with Crippen LogP contribution in [0.5, 0.6) is 0 Å². The fourth-order valence-corrected chi connectivity index (χ4v) is 3.30. The van der Waals surface area contributed by atoms with Crippen LogP contribution < -0.4 is 10.6 Å². The van der Waals surface area contributed by atoms with Crippen LogP contribution in [0.15, 0.2) is 35.3 Å². The summed E-state index contributed by atoms with van der Waals surface area (Å²) < 4.78 is 5.91. The third-order valence-electron chi connectivity index (χ3n) is 5.09.